The van der Waals surface area contributed by atoms with Crippen LogP contribution in [0.2, 0.25) is 0 Å². The number of Topliss-reactive ketones (excluding diaryl/α,β-unsaturated/α-hetero) is 2. The highest BCUT2D eigenvalue weighted by atomic mass is 32.1. The van der Waals surface area contributed by atoms with Crippen LogP contribution in [0, 0.1) is 0 Å². The summed E-state index contributed by atoms with van der Waals surface area (Å²) < 4.78 is 0. The zero-order valence-electron chi connectivity index (χ0n) is 12.3. The summed E-state index contributed by atoms with van der Waals surface area (Å²) in [7, 11) is 0. The van der Waals surface area contributed by atoms with Gasteiger partial charge in [-0.3, -0.25) is 19.2 Å². The third kappa shape index (κ3) is 12.2. The summed E-state index contributed by atoms with van der Waals surface area (Å²) in [6.07, 6.45) is 3.00. The molecule has 0 fully saturated rings. The van der Waals surface area contributed by atoms with Crippen LogP contribution in [0.4, 0.5) is 0 Å². The molecular formula is C14H20N2O4S2. The minimum atomic E-state index is -0.365. The number of thiocarbonyl (C=S) groups is 2. The Balaban J connectivity index is 3.43. The van der Waals surface area contributed by atoms with Crippen molar-refractivity contribution in [3.63, 3.8) is 0 Å². The average Bonchev–Trinajstić information content (AvgIpc) is 2.49. The zero-order valence-corrected chi connectivity index (χ0v) is 13.9. The first-order valence-corrected chi connectivity index (χ1v) is 7.93. The molecule has 2 N–H and O–H groups in total. The first-order valence-electron chi connectivity index (χ1n) is 6.99. The number of ketones is 2. The molecular weight excluding hydrogens is 324 g/mol. The van der Waals surface area contributed by atoms with Crippen LogP contribution in [0.3, 0.4) is 0 Å². The van der Waals surface area contributed by atoms with Crippen molar-refractivity contribution in [1.82, 2.24) is 10.6 Å². The zero-order chi connectivity index (χ0) is 16.8. The van der Waals surface area contributed by atoms with E-state index in [-0.39, 0.29) is 36.2 Å². The van der Waals surface area contributed by atoms with E-state index in [1.165, 1.54) is 0 Å². The first-order chi connectivity index (χ1) is 10.5. The maximum absolute atomic E-state index is 11.3. The van der Waals surface area contributed by atoms with Crippen molar-refractivity contribution in [2.45, 2.75) is 38.5 Å². The SMILES string of the molecule is O=C(C=S)CC(=O)NCCCCCCNC(=O)CC(=O)C=S. The third-order valence-electron chi connectivity index (χ3n) is 2.68. The van der Waals surface area contributed by atoms with E-state index in [9.17, 15) is 19.2 Å². The third-order valence-corrected chi connectivity index (χ3v) is 3.21. The van der Waals surface area contributed by atoms with Crippen molar-refractivity contribution in [3.05, 3.63) is 0 Å². The molecule has 0 bridgehead atoms. The molecule has 122 valence electrons. The second-order valence-corrected chi connectivity index (χ2v) is 5.11. The van der Waals surface area contributed by atoms with Crippen LogP contribution in [-0.4, -0.2) is 47.2 Å². The summed E-state index contributed by atoms with van der Waals surface area (Å²) in [5, 5.41) is 7.21. The molecule has 0 unspecified atom stereocenters. The van der Waals surface area contributed by atoms with Gasteiger partial charge < -0.3 is 10.6 Å². The minimum Gasteiger partial charge on any atom is -0.356 e. The molecule has 22 heavy (non-hydrogen) atoms. The second-order valence-electron chi connectivity index (χ2n) is 4.64. The van der Waals surface area contributed by atoms with E-state index in [1.54, 1.807) is 0 Å². The predicted molar refractivity (Wildman–Crippen MR) is 91.0 cm³/mol. The maximum Gasteiger partial charge on any atom is 0.227 e. The average molecular weight is 344 g/mol. The van der Waals surface area contributed by atoms with Crippen molar-refractivity contribution in [1.29, 1.82) is 0 Å². The Labute approximate surface area is 140 Å². The van der Waals surface area contributed by atoms with Crippen LogP contribution >= 0.6 is 24.4 Å². The molecule has 0 atom stereocenters. The highest BCUT2D eigenvalue weighted by Gasteiger charge is 2.06. The van der Waals surface area contributed by atoms with Gasteiger partial charge in [-0.25, -0.2) is 0 Å². The van der Waals surface area contributed by atoms with Gasteiger partial charge in [-0.2, -0.15) is 0 Å². The molecule has 0 aliphatic rings. The van der Waals surface area contributed by atoms with Gasteiger partial charge in [0.05, 0.1) is 12.8 Å². The lowest BCUT2D eigenvalue weighted by atomic mass is 10.2. The molecule has 0 saturated carbocycles. The van der Waals surface area contributed by atoms with Gasteiger partial charge in [0.15, 0.2) is 11.6 Å². The Hall–Kier alpha value is -1.54. The first kappa shape index (κ1) is 20.5. The highest BCUT2D eigenvalue weighted by Crippen LogP contribution is 1.98. The van der Waals surface area contributed by atoms with Gasteiger partial charge in [-0.05, 0) is 12.8 Å². The van der Waals surface area contributed by atoms with E-state index in [2.05, 4.69) is 35.1 Å². The standard InChI is InChI=1S/C14H20N2O4S2/c17-11(9-21)7-13(19)15-5-3-1-2-4-6-16-14(20)8-12(18)10-22/h9-10H,1-8H2,(H,15,19)(H,16,20). The molecule has 0 aromatic rings. The van der Waals surface area contributed by atoms with Crippen molar-refractivity contribution in [3.8, 4) is 0 Å². The summed E-state index contributed by atoms with van der Waals surface area (Å²) >= 11 is 8.85. The summed E-state index contributed by atoms with van der Waals surface area (Å²) in [5.74, 6) is -1.37. The molecule has 6 nitrogen and oxygen atoms in total. The van der Waals surface area contributed by atoms with Crippen LogP contribution in [0.5, 0.6) is 0 Å². The number of amides is 2. The van der Waals surface area contributed by atoms with Gasteiger partial charge in [0.25, 0.3) is 0 Å². The lowest BCUT2D eigenvalue weighted by molar-refractivity contribution is -0.126. The Morgan fingerprint density at radius 2 is 1.05 bits per heavy atom. The van der Waals surface area contributed by atoms with Gasteiger partial charge in [-0.1, -0.05) is 37.3 Å². The minimum absolute atomic E-state index is 0.198. The van der Waals surface area contributed by atoms with Crippen LogP contribution in [0.1, 0.15) is 38.5 Å². The molecule has 0 spiro atoms. The topological polar surface area (TPSA) is 92.3 Å². The summed E-state index contributed by atoms with van der Waals surface area (Å²) in [6.45, 7) is 1.03. The Kier molecular flexibility index (Phi) is 12.2. The smallest absolute Gasteiger partial charge is 0.227 e. The number of carbonyl (C=O) groups excluding carboxylic acids is 4. The normalized spacial score (nSPS) is 9.64. The molecule has 0 rings (SSSR count). The number of hydrogen-bond acceptors (Lipinski definition) is 6. The van der Waals surface area contributed by atoms with Crippen molar-refractivity contribution < 1.29 is 19.2 Å². The number of hydrogen-bond donors (Lipinski definition) is 2. The van der Waals surface area contributed by atoms with Crippen molar-refractivity contribution in [2.75, 3.05) is 13.1 Å². The molecule has 0 saturated heterocycles. The van der Waals surface area contributed by atoms with Crippen molar-refractivity contribution >= 4 is 58.6 Å². The van der Waals surface area contributed by atoms with Crippen LogP contribution in [0.15, 0.2) is 0 Å². The van der Waals surface area contributed by atoms with Crippen LogP contribution in [-0.2, 0) is 19.2 Å². The molecule has 0 aliphatic heterocycles. The number of nitrogens with one attached hydrogen (secondary N) is 2. The molecule has 8 heteroatoms. The second kappa shape index (κ2) is 13.1. The van der Waals surface area contributed by atoms with E-state index in [0.29, 0.717) is 13.1 Å². The number of rotatable bonds is 13. The monoisotopic (exact) mass is 344 g/mol. The Bertz CT molecular complexity index is 399. The van der Waals surface area contributed by atoms with E-state index in [0.717, 1.165) is 36.4 Å². The summed E-state index contributed by atoms with van der Waals surface area (Å²) in [4.78, 5) is 44.3. The van der Waals surface area contributed by atoms with Gasteiger partial charge in [0.2, 0.25) is 11.8 Å². The fourth-order valence-electron chi connectivity index (χ4n) is 1.58. The predicted octanol–water partition coefficient (Wildman–Crippen LogP) is 0.697. The quantitative estimate of drug-likeness (QED) is 0.290. The fourth-order valence-corrected chi connectivity index (χ4v) is 1.75. The lowest BCUT2D eigenvalue weighted by Gasteiger charge is -2.05. The van der Waals surface area contributed by atoms with Crippen LogP contribution < -0.4 is 10.6 Å². The van der Waals surface area contributed by atoms with Gasteiger partial charge >= 0.3 is 0 Å². The Morgan fingerprint density at radius 1 is 0.682 bits per heavy atom. The molecule has 0 radical (unpaired) electrons. The molecule has 0 aromatic heterocycles. The molecule has 0 heterocycles. The van der Waals surface area contributed by atoms with Gasteiger partial charge in [0, 0.05) is 23.8 Å². The summed E-state index contributed by atoms with van der Waals surface area (Å²) in [6, 6.07) is 0. The van der Waals surface area contributed by atoms with Crippen LogP contribution in [0.25, 0.3) is 0 Å². The number of unbranched alkanes of at least 4 members (excludes halogenated alkanes) is 3. The largest absolute Gasteiger partial charge is 0.356 e. The molecule has 0 aromatic carbocycles. The van der Waals surface area contributed by atoms with E-state index < -0.39 is 0 Å². The van der Waals surface area contributed by atoms with E-state index >= 15 is 0 Å². The van der Waals surface area contributed by atoms with E-state index in [1.807, 2.05) is 0 Å². The fraction of sp³-hybridized carbons (Fsp3) is 0.571. The molecule has 0 aliphatic carbocycles. The van der Waals surface area contributed by atoms with Gasteiger partial charge in [0.1, 0.15) is 0 Å². The highest BCUT2D eigenvalue weighted by molar-refractivity contribution is 7.80. The maximum atomic E-state index is 11.3. The number of carbonyl (C=O) groups is 4. The summed E-state index contributed by atoms with van der Waals surface area (Å²) in [5.41, 5.74) is 0. The van der Waals surface area contributed by atoms with E-state index in [4.69, 9.17) is 0 Å². The van der Waals surface area contributed by atoms with Gasteiger partial charge in [-0.15, -0.1) is 0 Å². The molecule has 2 amide bonds. The van der Waals surface area contributed by atoms with Crippen molar-refractivity contribution in [2.24, 2.45) is 0 Å². The lowest BCUT2D eigenvalue weighted by Crippen LogP contribution is -2.27. The Morgan fingerprint density at radius 3 is 1.36 bits per heavy atom.